The monoisotopic (exact) mass is 630 g/mol. The molecular formula is C30H4F14. The lowest BCUT2D eigenvalue weighted by Crippen LogP contribution is -2.06. The lowest BCUT2D eigenvalue weighted by Gasteiger charge is -2.09. The lowest BCUT2D eigenvalue weighted by molar-refractivity contribution is 0.411. The first kappa shape index (κ1) is 30.2. The smallest absolute Gasteiger partial charge is 0.198 e. The molecule has 0 atom stereocenters. The van der Waals surface area contributed by atoms with Crippen molar-refractivity contribution in [3.05, 3.63) is 128 Å². The molecule has 0 radical (unpaired) electrons. The van der Waals surface area contributed by atoms with E-state index in [0.29, 0.717) is 0 Å². The van der Waals surface area contributed by atoms with E-state index >= 15 is 0 Å². The van der Waals surface area contributed by atoms with E-state index < -0.39 is 114 Å². The highest BCUT2D eigenvalue weighted by Crippen LogP contribution is 2.35. The summed E-state index contributed by atoms with van der Waals surface area (Å²) in [6, 6.07) is 4.22. The van der Waals surface area contributed by atoms with Gasteiger partial charge in [0, 0.05) is 11.1 Å². The van der Waals surface area contributed by atoms with Gasteiger partial charge in [-0.3, -0.25) is 0 Å². The highest BCUT2D eigenvalue weighted by molar-refractivity contribution is 5.88. The first-order valence-electron chi connectivity index (χ1n) is 11.5. The van der Waals surface area contributed by atoms with Gasteiger partial charge in [0.2, 0.25) is 0 Å². The summed E-state index contributed by atoms with van der Waals surface area (Å²) in [5.74, 6) is -24.5. The van der Waals surface area contributed by atoms with Gasteiger partial charge in [-0.15, -0.1) is 0 Å². The molecule has 14 heteroatoms. The third-order valence-electron chi connectivity index (χ3n) is 6.22. The second-order valence-electron chi connectivity index (χ2n) is 8.72. The standard InChI is InChI=1S/C30H4F14/c31-17-11(19(33)21(35)15-13(17)23(37)27(41)29(43)25(15)39)7-5-9-1-2-10(4-3-9)6-8-12-18(32)14-16(22(36)20(12)34)26(40)30(44)28(42)24(14)38/h1-4H. The summed E-state index contributed by atoms with van der Waals surface area (Å²) >= 11 is 0. The van der Waals surface area contributed by atoms with Crippen molar-refractivity contribution in [1.82, 2.24) is 0 Å². The molecule has 5 aromatic rings. The summed E-state index contributed by atoms with van der Waals surface area (Å²) in [5.41, 5.74) is -3.22. The van der Waals surface area contributed by atoms with E-state index in [2.05, 4.69) is 11.8 Å². The third-order valence-corrected chi connectivity index (χ3v) is 6.22. The highest BCUT2D eigenvalue weighted by atomic mass is 19.2. The van der Waals surface area contributed by atoms with Crippen molar-refractivity contribution in [3.63, 3.8) is 0 Å². The predicted molar refractivity (Wildman–Crippen MR) is 126 cm³/mol. The molecule has 0 aromatic heterocycles. The van der Waals surface area contributed by atoms with Crippen LogP contribution in [0.15, 0.2) is 24.3 Å². The van der Waals surface area contributed by atoms with E-state index in [1.165, 1.54) is 0 Å². The van der Waals surface area contributed by atoms with Crippen LogP contribution in [0.4, 0.5) is 61.5 Å². The number of fused-ring (bicyclic) bond motifs is 2. The van der Waals surface area contributed by atoms with Gasteiger partial charge in [-0.1, -0.05) is 23.7 Å². The fourth-order valence-corrected chi connectivity index (χ4v) is 4.10. The van der Waals surface area contributed by atoms with Crippen LogP contribution in [0.2, 0.25) is 0 Å². The van der Waals surface area contributed by atoms with Crippen LogP contribution in [0.3, 0.4) is 0 Å². The van der Waals surface area contributed by atoms with Crippen molar-refractivity contribution >= 4 is 21.5 Å². The predicted octanol–water partition coefficient (Wildman–Crippen LogP) is 8.74. The zero-order chi connectivity index (χ0) is 32.4. The molecule has 0 saturated carbocycles. The molecule has 0 aliphatic heterocycles. The molecular weight excluding hydrogens is 626 g/mol. The zero-order valence-electron chi connectivity index (χ0n) is 20.6. The molecule has 0 amide bonds. The highest BCUT2D eigenvalue weighted by Gasteiger charge is 2.31. The Bertz CT molecular complexity index is 2050. The Kier molecular flexibility index (Phi) is 7.41. The molecule has 0 nitrogen and oxygen atoms in total. The summed E-state index contributed by atoms with van der Waals surface area (Å²) in [6.45, 7) is 0. The molecule has 0 aliphatic carbocycles. The Morgan fingerprint density at radius 3 is 0.750 bits per heavy atom. The number of halogens is 14. The van der Waals surface area contributed by atoms with Gasteiger partial charge >= 0.3 is 0 Å². The van der Waals surface area contributed by atoms with Crippen LogP contribution in [0, 0.1) is 105 Å². The summed E-state index contributed by atoms with van der Waals surface area (Å²) in [6.07, 6.45) is 0. The maximum absolute atomic E-state index is 14.8. The summed E-state index contributed by atoms with van der Waals surface area (Å²) in [5, 5.41) is -7.13. The number of hydrogen-bond acceptors (Lipinski definition) is 0. The average Bonchev–Trinajstić information content (AvgIpc) is 3.00. The van der Waals surface area contributed by atoms with Crippen molar-refractivity contribution < 1.29 is 61.5 Å². The van der Waals surface area contributed by atoms with Gasteiger partial charge in [-0.25, -0.2) is 61.5 Å². The van der Waals surface area contributed by atoms with Gasteiger partial charge in [0.15, 0.2) is 81.4 Å². The molecule has 0 aliphatic rings. The maximum Gasteiger partial charge on any atom is 0.198 e. The maximum atomic E-state index is 14.8. The van der Waals surface area contributed by atoms with E-state index in [1.54, 1.807) is 11.8 Å². The molecule has 0 N–H and O–H groups in total. The quantitative estimate of drug-likeness (QED) is 0.0695. The van der Waals surface area contributed by atoms with E-state index in [4.69, 9.17) is 0 Å². The average molecular weight is 630 g/mol. The number of rotatable bonds is 0. The molecule has 0 heterocycles. The molecule has 0 fully saturated rings. The van der Waals surface area contributed by atoms with Gasteiger partial charge in [0.1, 0.15) is 11.1 Å². The second kappa shape index (κ2) is 10.8. The van der Waals surface area contributed by atoms with Crippen molar-refractivity contribution in [1.29, 1.82) is 0 Å². The molecule has 0 unspecified atom stereocenters. The lowest BCUT2D eigenvalue weighted by atomic mass is 10.0. The molecule has 5 rings (SSSR count). The van der Waals surface area contributed by atoms with Crippen LogP contribution in [0.25, 0.3) is 21.5 Å². The van der Waals surface area contributed by atoms with Crippen LogP contribution in [0.5, 0.6) is 0 Å². The molecule has 0 spiro atoms. The Hall–Kier alpha value is -5.24. The van der Waals surface area contributed by atoms with Crippen LogP contribution in [0.1, 0.15) is 22.3 Å². The Balaban J connectivity index is 1.54. The normalized spacial score (nSPS) is 11.0. The minimum atomic E-state index is -2.50. The minimum absolute atomic E-state index is 0.129. The topological polar surface area (TPSA) is 0 Å². The fourth-order valence-electron chi connectivity index (χ4n) is 4.10. The van der Waals surface area contributed by atoms with E-state index in [-0.39, 0.29) is 11.1 Å². The van der Waals surface area contributed by atoms with Gasteiger partial charge in [0.25, 0.3) is 0 Å². The largest absolute Gasteiger partial charge is 0.205 e. The van der Waals surface area contributed by atoms with Crippen LogP contribution >= 0.6 is 0 Å². The molecule has 222 valence electrons. The van der Waals surface area contributed by atoms with Crippen LogP contribution in [-0.2, 0) is 0 Å². The molecule has 44 heavy (non-hydrogen) atoms. The van der Waals surface area contributed by atoms with Crippen molar-refractivity contribution in [2.45, 2.75) is 0 Å². The van der Waals surface area contributed by atoms with Gasteiger partial charge in [0.05, 0.1) is 21.5 Å². The van der Waals surface area contributed by atoms with Gasteiger partial charge in [-0.2, -0.15) is 0 Å². The first-order valence-corrected chi connectivity index (χ1v) is 11.5. The number of hydrogen-bond donors (Lipinski definition) is 0. The zero-order valence-corrected chi connectivity index (χ0v) is 20.6. The second-order valence-corrected chi connectivity index (χ2v) is 8.72. The minimum Gasteiger partial charge on any atom is -0.205 e. The van der Waals surface area contributed by atoms with E-state index in [9.17, 15) is 61.5 Å². The van der Waals surface area contributed by atoms with E-state index in [1.807, 2.05) is 0 Å². The Morgan fingerprint density at radius 1 is 0.250 bits per heavy atom. The SMILES string of the molecule is Fc1c(F)c(F)c2c(F)c(C#Cc3ccc(C#Cc4c(F)c(F)c5c(F)c(F)c(F)c(F)c5c4F)cc3)c(F)c(F)c2c1F. The molecule has 0 bridgehead atoms. The third kappa shape index (κ3) is 4.45. The summed E-state index contributed by atoms with van der Waals surface area (Å²) in [4.78, 5) is 0. The van der Waals surface area contributed by atoms with Crippen LogP contribution in [-0.4, -0.2) is 0 Å². The summed E-state index contributed by atoms with van der Waals surface area (Å²) in [7, 11) is 0. The fraction of sp³-hybridized carbons (Fsp3) is 0. The van der Waals surface area contributed by atoms with Crippen molar-refractivity contribution in [2.24, 2.45) is 0 Å². The Labute approximate surface area is 235 Å². The first-order chi connectivity index (χ1) is 20.7. The molecule has 5 aromatic carbocycles. The van der Waals surface area contributed by atoms with Gasteiger partial charge < -0.3 is 0 Å². The Morgan fingerprint density at radius 2 is 0.477 bits per heavy atom. The molecule has 0 saturated heterocycles. The van der Waals surface area contributed by atoms with Gasteiger partial charge in [-0.05, 0) is 24.3 Å². The van der Waals surface area contributed by atoms with Crippen molar-refractivity contribution in [2.75, 3.05) is 0 Å². The number of benzene rings is 5. The van der Waals surface area contributed by atoms with E-state index in [0.717, 1.165) is 24.3 Å². The summed E-state index contributed by atoms with van der Waals surface area (Å²) < 4.78 is 197. The van der Waals surface area contributed by atoms with Crippen LogP contribution < -0.4 is 0 Å². The van der Waals surface area contributed by atoms with Crippen molar-refractivity contribution in [3.8, 4) is 23.7 Å².